The number of allylic oxidation sites excluding steroid dienone is 1. The molecule has 4 N–H and O–H groups in total. The molecule has 4 rings (SSSR count). The van der Waals surface area contributed by atoms with Crippen molar-refractivity contribution in [1.82, 2.24) is 4.90 Å². The van der Waals surface area contributed by atoms with Crippen LogP contribution in [0, 0.1) is 11.3 Å². The van der Waals surface area contributed by atoms with Crippen LogP contribution in [-0.2, 0) is 4.79 Å². The van der Waals surface area contributed by atoms with E-state index in [1.807, 2.05) is 39.8 Å². The highest BCUT2D eigenvalue weighted by Crippen LogP contribution is 2.55. The molecule has 0 aromatic heterocycles. The summed E-state index contributed by atoms with van der Waals surface area (Å²) in [5.74, 6) is 0.310. The van der Waals surface area contributed by atoms with E-state index in [2.05, 4.69) is 0 Å². The quantitative estimate of drug-likeness (QED) is 0.526. The van der Waals surface area contributed by atoms with Crippen LogP contribution in [0.2, 0.25) is 0 Å². The Labute approximate surface area is 173 Å². The van der Waals surface area contributed by atoms with Gasteiger partial charge in [-0.15, -0.1) is 0 Å². The van der Waals surface area contributed by atoms with Crippen molar-refractivity contribution in [2.45, 2.75) is 89.3 Å². The second kappa shape index (κ2) is 7.89. The molecule has 6 heteroatoms. The number of aliphatic hydroxyl groups is 4. The number of Topliss-reactive ketones (excluding diaryl/α,β-unsaturated/α-hetero) is 1. The molecule has 0 spiro atoms. The van der Waals surface area contributed by atoms with E-state index in [1.54, 1.807) is 6.08 Å². The molecule has 2 fully saturated rings. The molecular weight excluding hydrogens is 370 g/mol. The van der Waals surface area contributed by atoms with E-state index < -0.39 is 29.3 Å². The van der Waals surface area contributed by atoms with Gasteiger partial charge < -0.3 is 25.3 Å². The van der Waals surface area contributed by atoms with E-state index >= 15 is 0 Å². The highest BCUT2D eigenvalue weighted by Gasteiger charge is 2.55. The van der Waals surface area contributed by atoms with Gasteiger partial charge in [-0.3, -0.25) is 4.79 Å². The zero-order chi connectivity index (χ0) is 21.7. The molecule has 4 aliphatic rings. The number of nitrogens with zero attached hydrogens (tertiary/aromatic N) is 1. The predicted octanol–water partition coefficient (Wildman–Crippen LogP) is 1.57. The third-order valence-electron chi connectivity index (χ3n) is 7.74. The number of likely N-dealkylation sites (N-methyl/N-ethyl adjacent to an activating group) is 1. The summed E-state index contributed by atoms with van der Waals surface area (Å²) in [7, 11) is 3.66. The summed E-state index contributed by atoms with van der Waals surface area (Å²) in [6.07, 6.45) is 1.85. The number of fused-ring (bicyclic) bond motifs is 3. The average molecular weight is 408 g/mol. The van der Waals surface area contributed by atoms with Crippen LogP contribution < -0.4 is 0 Å². The third kappa shape index (κ3) is 3.43. The Morgan fingerprint density at radius 2 is 1.76 bits per heavy atom. The first kappa shape index (κ1) is 22.6. The van der Waals surface area contributed by atoms with E-state index in [4.69, 9.17) is 0 Å². The standard InChI is InChI=1S/C21H31NO5.C2H6/c1-20-10-16(23)12-8-14-18(25)19(26)15(22(2)3)9-21(14,27)7-6-11(12)13(20)4-5-17(20)24;1-2/h8,13,15-16,18-19,23,25-27H,4-7,9-10H2,1-3H3;1-2H3. The minimum Gasteiger partial charge on any atom is -0.388 e. The van der Waals surface area contributed by atoms with Gasteiger partial charge in [0, 0.05) is 17.9 Å². The lowest BCUT2D eigenvalue weighted by atomic mass is 9.64. The maximum atomic E-state index is 12.5. The van der Waals surface area contributed by atoms with Crippen molar-refractivity contribution >= 4 is 5.78 Å². The predicted molar refractivity (Wildman–Crippen MR) is 111 cm³/mol. The fourth-order valence-corrected chi connectivity index (χ4v) is 6.04. The molecule has 0 aromatic carbocycles. The Kier molecular flexibility index (Phi) is 6.16. The Bertz CT molecular complexity index is 729. The van der Waals surface area contributed by atoms with Gasteiger partial charge in [0.25, 0.3) is 0 Å². The smallest absolute Gasteiger partial charge is 0.139 e. The van der Waals surface area contributed by atoms with Crippen LogP contribution in [0.3, 0.4) is 0 Å². The van der Waals surface area contributed by atoms with Gasteiger partial charge in [0.1, 0.15) is 11.9 Å². The molecule has 0 aliphatic heterocycles. The van der Waals surface area contributed by atoms with Crippen LogP contribution in [0.4, 0.5) is 0 Å². The monoisotopic (exact) mass is 407 g/mol. The van der Waals surface area contributed by atoms with Crippen LogP contribution in [-0.4, -0.2) is 75.2 Å². The minimum atomic E-state index is -1.22. The normalized spacial score (nSPS) is 44.3. The highest BCUT2D eigenvalue weighted by atomic mass is 16.3. The number of hydrogen-bond acceptors (Lipinski definition) is 6. The topological polar surface area (TPSA) is 101 Å². The van der Waals surface area contributed by atoms with Crippen molar-refractivity contribution in [3.8, 4) is 0 Å². The van der Waals surface area contributed by atoms with E-state index in [0.29, 0.717) is 37.7 Å². The molecule has 164 valence electrons. The van der Waals surface area contributed by atoms with Gasteiger partial charge in [0.15, 0.2) is 0 Å². The summed E-state index contributed by atoms with van der Waals surface area (Å²) in [6, 6.07) is -0.347. The van der Waals surface area contributed by atoms with Crippen LogP contribution in [0.1, 0.15) is 59.3 Å². The van der Waals surface area contributed by atoms with Gasteiger partial charge in [-0.1, -0.05) is 32.4 Å². The lowest BCUT2D eigenvalue weighted by Crippen LogP contribution is -2.58. The average Bonchev–Trinajstić information content (AvgIpc) is 2.86. The highest BCUT2D eigenvalue weighted by molar-refractivity contribution is 5.88. The summed E-state index contributed by atoms with van der Waals surface area (Å²) in [6.45, 7) is 5.96. The van der Waals surface area contributed by atoms with Gasteiger partial charge in [-0.05, 0) is 63.3 Å². The van der Waals surface area contributed by atoms with Gasteiger partial charge in [-0.25, -0.2) is 0 Å². The van der Waals surface area contributed by atoms with Crippen molar-refractivity contribution < 1.29 is 25.2 Å². The lowest BCUT2D eigenvalue weighted by molar-refractivity contribution is -0.127. The van der Waals surface area contributed by atoms with Crippen molar-refractivity contribution in [3.05, 3.63) is 22.8 Å². The number of rotatable bonds is 1. The molecule has 2 saturated carbocycles. The largest absolute Gasteiger partial charge is 0.388 e. The van der Waals surface area contributed by atoms with Crippen molar-refractivity contribution in [3.63, 3.8) is 0 Å². The third-order valence-corrected chi connectivity index (χ3v) is 7.74. The summed E-state index contributed by atoms with van der Waals surface area (Å²) < 4.78 is 0. The number of ketones is 1. The van der Waals surface area contributed by atoms with Crippen LogP contribution in [0.15, 0.2) is 22.8 Å². The van der Waals surface area contributed by atoms with Gasteiger partial charge >= 0.3 is 0 Å². The Morgan fingerprint density at radius 3 is 2.38 bits per heavy atom. The fraction of sp³-hybridized carbons (Fsp3) is 0.783. The number of aliphatic hydroxyl groups excluding tert-OH is 3. The minimum absolute atomic E-state index is 0.0933. The maximum absolute atomic E-state index is 12.5. The van der Waals surface area contributed by atoms with E-state index in [-0.39, 0.29) is 17.7 Å². The van der Waals surface area contributed by atoms with E-state index in [1.165, 1.54) is 0 Å². The van der Waals surface area contributed by atoms with E-state index in [9.17, 15) is 25.2 Å². The van der Waals surface area contributed by atoms with Crippen LogP contribution >= 0.6 is 0 Å². The van der Waals surface area contributed by atoms with Crippen LogP contribution in [0.5, 0.6) is 0 Å². The zero-order valence-electron chi connectivity index (χ0n) is 18.4. The molecule has 0 heterocycles. The fourth-order valence-electron chi connectivity index (χ4n) is 6.04. The SMILES string of the molecule is CC.CN(C)C1CC2(O)CCC3=C(C=C2C(O)C1O)C(O)CC1(C)C(=O)CCC31. The molecule has 0 bridgehead atoms. The van der Waals surface area contributed by atoms with Crippen molar-refractivity contribution in [2.75, 3.05) is 14.1 Å². The molecule has 0 amide bonds. The Balaban J connectivity index is 0.00000117. The first-order valence-electron chi connectivity index (χ1n) is 11.0. The number of hydrogen-bond donors (Lipinski definition) is 4. The van der Waals surface area contributed by atoms with Gasteiger partial charge in [0.2, 0.25) is 0 Å². The molecule has 4 aliphatic carbocycles. The molecule has 7 unspecified atom stereocenters. The second-order valence-corrected chi connectivity index (χ2v) is 9.43. The molecule has 0 radical (unpaired) electrons. The lowest BCUT2D eigenvalue weighted by Gasteiger charge is -2.46. The molecule has 6 nitrogen and oxygen atoms in total. The number of carbonyl (C=O) groups excluding carboxylic acids is 1. The molecule has 7 atom stereocenters. The van der Waals surface area contributed by atoms with E-state index in [0.717, 1.165) is 17.6 Å². The summed E-state index contributed by atoms with van der Waals surface area (Å²) in [5.41, 5.74) is 0.460. The molecule has 29 heavy (non-hydrogen) atoms. The molecule has 0 saturated heterocycles. The molecular formula is C23H37NO5. The number of carbonyl (C=O) groups is 1. The Morgan fingerprint density at radius 1 is 1.10 bits per heavy atom. The van der Waals surface area contributed by atoms with Gasteiger partial charge in [0.05, 0.1) is 17.8 Å². The summed E-state index contributed by atoms with van der Waals surface area (Å²) in [4.78, 5) is 14.3. The second-order valence-electron chi connectivity index (χ2n) is 9.43. The zero-order valence-corrected chi connectivity index (χ0v) is 18.4. The first-order chi connectivity index (χ1) is 13.6. The summed E-state index contributed by atoms with van der Waals surface area (Å²) >= 11 is 0. The summed E-state index contributed by atoms with van der Waals surface area (Å²) in [5, 5.41) is 43.6. The molecule has 0 aromatic rings. The van der Waals surface area contributed by atoms with Crippen LogP contribution in [0.25, 0.3) is 0 Å². The van der Waals surface area contributed by atoms with Crippen molar-refractivity contribution in [2.24, 2.45) is 11.3 Å². The van der Waals surface area contributed by atoms with Gasteiger partial charge in [-0.2, -0.15) is 0 Å². The Hall–Kier alpha value is -1.05. The maximum Gasteiger partial charge on any atom is 0.139 e. The van der Waals surface area contributed by atoms with Crippen molar-refractivity contribution in [1.29, 1.82) is 0 Å². The first-order valence-corrected chi connectivity index (χ1v) is 11.0.